The number of hydrogen-bond acceptors (Lipinski definition) is 5. The molecule has 7 heteroatoms. The monoisotopic (exact) mass is 389 g/mol. The van der Waals surface area contributed by atoms with Gasteiger partial charge in [0.25, 0.3) is 0 Å². The van der Waals surface area contributed by atoms with Crippen LogP contribution in [0.3, 0.4) is 0 Å². The second-order valence-electron chi connectivity index (χ2n) is 7.76. The molecule has 0 aromatic carbocycles. The number of aryl methyl sites for hydroxylation is 1. The number of hydrogen-bond donors (Lipinski definition) is 2. The van der Waals surface area contributed by atoms with E-state index in [1.165, 1.54) is 5.56 Å². The summed E-state index contributed by atoms with van der Waals surface area (Å²) in [6.45, 7) is 8.32. The van der Waals surface area contributed by atoms with E-state index in [9.17, 15) is 0 Å². The molecule has 0 amide bonds. The van der Waals surface area contributed by atoms with E-state index < -0.39 is 0 Å². The number of nitrogens with one attached hydrogen (secondary N) is 2. The Balaban J connectivity index is 1.28. The minimum atomic E-state index is 0.450. The SMILES string of the molecule is CN=C(NCCCOCC1CCOC1)NC1CCN(c2ccc(C)cn2)CC1. The second kappa shape index (κ2) is 11.2. The third-order valence-corrected chi connectivity index (χ3v) is 5.41. The van der Waals surface area contributed by atoms with Crippen molar-refractivity contribution in [3.63, 3.8) is 0 Å². The highest BCUT2D eigenvalue weighted by atomic mass is 16.5. The molecule has 3 heterocycles. The van der Waals surface area contributed by atoms with Crippen LogP contribution in [0.15, 0.2) is 23.3 Å². The standard InChI is InChI=1S/C21H35N5O2/c1-17-4-5-20(24-14-17)26-10-6-19(7-11-26)25-21(22-2)23-9-3-12-27-15-18-8-13-28-16-18/h4-5,14,18-19H,3,6-13,15-16H2,1-2H3,(H2,22,23,25). The van der Waals surface area contributed by atoms with Gasteiger partial charge in [-0.3, -0.25) is 4.99 Å². The maximum absolute atomic E-state index is 5.75. The fourth-order valence-corrected chi connectivity index (χ4v) is 3.63. The number of aromatic nitrogens is 1. The van der Waals surface area contributed by atoms with E-state index >= 15 is 0 Å². The Hall–Kier alpha value is -1.86. The molecule has 0 radical (unpaired) electrons. The zero-order chi connectivity index (χ0) is 19.6. The lowest BCUT2D eigenvalue weighted by Gasteiger charge is -2.33. The molecule has 1 aromatic rings. The fraction of sp³-hybridized carbons (Fsp3) is 0.714. The van der Waals surface area contributed by atoms with Gasteiger partial charge < -0.3 is 25.0 Å². The van der Waals surface area contributed by atoms with Crippen LogP contribution in [0.25, 0.3) is 0 Å². The molecule has 28 heavy (non-hydrogen) atoms. The van der Waals surface area contributed by atoms with Crippen molar-refractivity contribution in [2.45, 2.75) is 38.6 Å². The van der Waals surface area contributed by atoms with Crippen molar-refractivity contribution in [1.82, 2.24) is 15.6 Å². The van der Waals surface area contributed by atoms with Crippen LogP contribution in [0.2, 0.25) is 0 Å². The molecular weight excluding hydrogens is 354 g/mol. The van der Waals surface area contributed by atoms with Crippen molar-refractivity contribution < 1.29 is 9.47 Å². The Labute approximate surface area is 168 Å². The van der Waals surface area contributed by atoms with Crippen molar-refractivity contribution in [2.24, 2.45) is 10.9 Å². The summed E-state index contributed by atoms with van der Waals surface area (Å²) < 4.78 is 11.1. The highest BCUT2D eigenvalue weighted by Crippen LogP contribution is 2.18. The quantitative estimate of drug-likeness (QED) is 0.402. The Bertz CT molecular complexity index is 593. The number of piperidine rings is 1. The van der Waals surface area contributed by atoms with Crippen LogP contribution in [0.1, 0.15) is 31.2 Å². The van der Waals surface area contributed by atoms with Crippen molar-refractivity contribution in [3.05, 3.63) is 23.9 Å². The summed E-state index contributed by atoms with van der Waals surface area (Å²) >= 11 is 0. The van der Waals surface area contributed by atoms with E-state index in [0.29, 0.717) is 12.0 Å². The van der Waals surface area contributed by atoms with Gasteiger partial charge in [0.1, 0.15) is 5.82 Å². The summed E-state index contributed by atoms with van der Waals surface area (Å²) in [6.07, 6.45) is 6.22. The van der Waals surface area contributed by atoms with Crippen molar-refractivity contribution in [3.8, 4) is 0 Å². The average Bonchev–Trinajstić information content (AvgIpc) is 3.24. The van der Waals surface area contributed by atoms with Gasteiger partial charge in [0.15, 0.2) is 5.96 Å². The molecule has 1 unspecified atom stereocenters. The normalized spacial score (nSPS) is 21.1. The predicted octanol–water partition coefficient (Wildman–Crippen LogP) is 1.97. The number of pyridine rings is 1. The largest absolute Gasteiger partial charge is 0.381 e. The van der Waals surface area contributed by atoms with Crippen molar-refractivity contribution in [2.75, 3.05) is 58.0 Å². The molecule has 2 aliphatic heterocycles. The molecule has 2 N–H and O–H groups in total. The van der Waals surface area contributed by atoms with E-state index in [-0.39, 0.29) is 0 Å². The van der Waals surface area contributed by atoms with Gasteiger partial charge in [-0.15, -0.1) is 0 Å². The van der Waals surface area contributed by atoms with Gasteiger partial charge in [0, 0.05) is 58.1 Å². The molecule has 0 bridgehead atoms. The summed E-state index contributed by atoms with van der Waals surface area (Å²) in [5, 5.41) is 6.96. The first-order valence-corrected chi connectivity index (χ1v) is 10.5. The van der Waals surface area contributed by atoms with E-state index in [4.69, 9.17) is 9.47 Å². The van der Waals surface area contributed by atoms with Crippen LogP contribution in [0.5, 0.6) is 0 Å². The zero-order valence-electron chi connectivity index (χ0n) is 17.3. The fourth-order valence-electron chi connectivity index (χ4n) is 3.63. The summed E-state index contributed by atoms with van der Waals surface area (Å²) in [5.41, 5.74) is 1.20. The third kappa shape index (κ3) is 6.63. The van der Waals surface area contributed by atoms with Crippen LogP contribution >= 0.6 is 0 Å². The third-order valence-electron chi connectivity index (χ3n) is 5.41. The lowest BCUT2D eigenvalue weighted by molar-refractivity contribution is 0.0888. The Morgan fingerprint density at radius 1 is 1.32 bits per heavy atom. The summed E-state index contributed by atoms with van der Waals surface area (Å²) in [7, 11) is 1.83. The zero-order valence-corrected chi connectivity index (χ0v) is 17.3. The molecule has 156 valence electrons. The van der Waals surface area contributed by atoms with Crippen LogP contribution in [-0.2, 0) is 9.47 Å². The lowest BCUT2D eigenvalue weighted by atomic mass is 10.1. The summed E-state index contributed by atoms with van der Waals surface area (Å²) in [4.78, 5) is 11.3. The highest BCUT2D eigenvalue weighted by molar-refractivity contribution is 5.79. The van der Waals surface area contributed by atoms with E-state index in [0.717, 1.165) is 83.5 Å². The minimum Gasteiger partial charge on any atom is -0.381 e. The molecule has 0 saturated carbocycles. The lowest BCUT2D eigenvalue weighted by Crippen LogP contribution is -2.49. The van der Waals surface area contributed by atoms with Crippen LogP contribution in [0, 0.1) is 12.8 Å². The van der Waals surface area contributed by atoms with Gasteiger partial charge in [0.2, 0.25) is 0 Å². The first-order valence-electron chi connectivity index (χ1n) is 10.5. The Morgan fingerprint density at radius 3 is 2.86 bits per heavy atom. The number of ether oxygens (including phenoxy) is 2. The van der Waals surface area contributed by atoms with Gasteiger partial charge in [-0.05, 0) is 44.2 Å². The Morgan fingerprint density at radius 2 is 2.18 bits per heavy atom. The average molecular weight is 390 g/mol. The molecule has 3 rings (SSSR count). The molecule has 2 fully saturated rings. The molecule has 1 atom stereocenters. The first-order chi connectivity index (χ1) is 13.7. The number of aliphatic imine (C=N–C) groups is 1. The molecule has 2 aliphatic rings. The van der Waals surface area contributed by atoms with Crippen LogP contribution in [0.4, 0.5) is 5.82 Å². The smallest absolute Gasteiger partial charge is 0.191 e. The van der Waals surface area contributed by atoms with Crippen molar-refractivity contribution >= 4 is 11.8 Å². The predicted molar refractivity (Wildman–Crippen MR) is 113 cm³/mol. The van der Waals surface area contributed by atoms with Gasteiger partial charge in [-0.1, -0.05) is 6.07 Å². The molecular formula is C21H35N5O2. The second-order valence-corrected chi connectivity index (χ2v) is 7.76. The number of guanidine groups is 1. The number of anilines is 1. The van der Waals surface area contributed by atoms with Crippen molar-refractivity contribution in [1.29, 1.82) is 0 Å². The highest BCUT2D eigenvalue weighted by Gasteiger charge is 2.20. The van der Waals surface area contributed by atoms with Gasteiger partial charge in [0.05, 0.1) is 13.2 Å². The maximum atomic E-state index is 5.75. The van der Waals surface area contributed by atoms with E-state index in [1.54, 1.807) is 0 Å². The van der Waals surface area contributed by atoms with Crippen LogP contribution in [-0.4, -0.2) is 70.1 Å². The van der Waals surface area contributed by atoms with Gasteiger partial charge in [-0.25, -0.2) is 4.98 Å². The maximum Gasteiger partial charge on any atom is 0.191 e. The summed E-state index contributed by atoms with van der Waals surface area (Å²) in [6, 6.07) is 4.70. The van der Waals surface area contributed by atoms with Gasteiger partial charge in [-0.2, -0.15) is 0 Å². The van der Waals surface area contributed by atoms with Gasteiger partial charge >= 0.3 is 0 Å². The molecule has 0 spiro atoms. The minimum absolute atomic E-state index is 0.450. The first kappa shape index (κ1) is 20.9. The summed E-state index contributed by atoms with van der Waals surface area (Å²) in [5.74, 6) is 2.55. The molecule has 0 aliphatic carbocycles. The molecule has 1 aromatic heterocycles. The topological polar surface area (TPSA) is 71.0 Å². The molecule has 2 saturated heterocycles. The van der Waals surface area contributed by atoms with Crippen LogP contribution < -0.4 is 15.5 Å². The molecule has 7 nitrogen and oxygen atoms in total. The van der Waals surface area contributed by atoms with E-state index in [2.05, 4.69) is 44.6 Å². The number of rotatable bonds is 8. The van der Waals surface area contributed by atoms with E-state index in [1.807, 2.05) is 13.2 Å². The number of nitrogens with zero attached hydrogens (tertiary/aromatic N) is 3. The Kier molecular flexibility index (Phi) is 8.36.